The molecule has 41 heavy (non-hydrogen) atoms. The van der Waals surface area contributed by atoms with Gasteiger partial charge in [-0.1, -0.05) is 26.0 Å². The van der Waals surface area contributed by atoms with Crippen molar-refractivity contribution in [2.45, 2.75) is 40.2 Å². The molecule has 2 rings (SSSR count). The van der Waals surface area contributed by atoms with E-state index in [1.54, 1.807) is 42.8 Å². The highest BCUT2D eigenvalue weighted by molar-refractivity contribution is 7.87. The highest BCUT2D eigenvalue weighted by Crippen LogP contribution is 2.20. The van der Waals surface area contributed by atoms with E-state index in [0.29, 0.717) is 11.3 Å². The van der Waals surface area contributed by atoms with Crippen LogP contribution in [-0.2, 0) is 45.5 Å². The first-order chi connectivity index (χ1) is 19.3. The smallest absolute Gasteiger partial charge is 0.422 e. The van der Waals surface area contributed by atoms with Crippen molar-refractivity contribution in [1.82, 2.24) is 9.03 Å². The lowest BCUT2D eigenvalue weighted by molar-refractivity contribution is -0.146. The number of amides is 4. The summed E-state index contributed by atoms with van der Waals surface area (Å²) in [7, 11) is -3.06. The van der Waals surface area contributed by atoms with E-state index in [4.69, 9.17) is 5.11 Å². The van der Waals surface area contributed by atoms with Gasteiger partial charge in [0, 0.05) is 24.7 Å². The minimum absolute atomic E-state index is 0.0284. The second-order valence-electron chi connectivity index (χ2n) is 9.24. The summed E-state index contributed by atoms with van der Waals surface area (Å²) in [6.45, 7) is 3.22. The van der Waals surface area contributed by atoms with Gasteiger partial charge in [-0.25, -0.2) is 19.5 Å². The van der Waals surface area contributed by atoms with Gasteiger partial charge >= 0.3 is 22.3 Å². The number of aliphatic imine (C=N–C) groups is 2. The number of nitrogens with one attached hydrogen (secondary N) is 2. The summed E-state index contributed by atoms with van der Waals surface area (Å²) in [6.07, 6.45) is -1.01. The fraction of sp³-hybridized carbons (Fsp3) is 0.480. The maximum atomic E-state index is 12.6. The van der Waals surface area contributed by atoms with Gasteiger partial charge in [0.2, 0.25) is 0 Å². The molecule has 0 spiro atoms. The average molecular weight is 596 g/mol. The van der Waals surface area contributed by atoms with Crippen LogP contribution in [0.5, 0.6) is 0 Å². The molecule has 0 aromatic heterocycles. The van der Waals surface area contributed by atoms with E-state index in [2.05, 4.69) is 24.8 Å². The molecule has 15 nitrogen and oxygen atoms in total. The molecule has 1 heterocycles. The lowest BCUT2D eigenvalue weighted by atomic mass is 9.99. The van der Waals surface area contributed by atoms with Crippen LogP contribution in [0.15, 0.2) is 34.3 Å². The zero-order valence-corrected chi connectivity index (χ0v) is 23.9. The van der Waals surface area contributed by atoms with E-state index >= 15 is 0 Å². The quantitative estimate of drug-likeness (QED) is 0.253. The topological polar surface area (TPSA) is 210 Å². The van der Waals surface area contributed by atoms with E-state index in [1.807, 2.05) is 0 Å². The minimum atomic E-state index is -4.30. The number of methoxy groups -OCH3 is 1. The van der Waals surface area contributed by atoms with Crippen LogP contribution in [-0.4, -0.2) is 85.8 Å². The van der Waals surface area contributed by atoms with Crippen LogP contribution in [0.4, 0.5) is 10.5 Å². The Morgan fingerprint density at radius 1 is 1.07 bits per heavy atom. The number of anilines is 1. The molecule has 1 aromatic rings. The number of piperidine rings is 1. The molecule has 0 unspecified atom stereocenters. The van der Waals surface area contributed by atoms with Crippen molar-refractivity contribution in [1.29, 1.82) is 0 Å². The van der Waals surface area contributed by atoms with Gasteiger partial charge in [0.15, 0.2) is 6.61 Å². The summed E-state index contributed by atoms with van der Waals surface area (Å²) in [5.41, 5.74) is 0.537. The zero-order chi connectivity index (χ0) is 30.7. The summed E-state index contributed by atoms with van der Waals surface area (Å²) < 4.78 is 36.8. The number of aliphatic hydroxyl groups is 1. The predicted octanol–water partition coefficient (Wildman–Crippen LogP) is 0.585. The van der Waals surface area contributed by atoms with E-state index < -0.39 is 58.4 Å². The second kappa shape index (κ2) is 15.1. The SMILES string of the molecule is COC(=O)C1CCN(S(=O)(=O)NC(=O)OCC(=O)N=C(C(=O)N=C(C)C(=O)Nc2ccc(CO)cc2)C(C)C)CC1. The zero-order valence-electron chi connectivity index (χ0n) is 23.1. The molecule has 1 aliphatic rings. The first-order valence-corrected chi connectivity index (χ1v) is 14.0. The molecule has 1 aromatic carbocycles. The maximum Gasteiger partial charge on any atom is 0.422 e. The van der Waals surface area contributed by atoms with Crippen molar-refractivity contribution < 1.29 is 47.0 Å². The lowest BCUT2D eigenvalue weighted by Crippen LogP contribution is -2.48. The van der Waals surface area contributed by atoms with Crippen LogP contribution in [0, 0.1) is 11.8 Å². The van der Waals surface area contributed by atoms with Crippen LogP contribution < -0.4 is 10.0 Å². The summed E-state index contributed by atoms with van der Waals surface area (Å²) >= 11 is 0. The predicted molar refractivity (Wildman–Crippen MR) is 146 cm³/mol. The van der Waals surface area contributed by atoms with Crippen molar-refractivity contribution in [2.24, 2.45) is 21.8 Å². The number of hydrogen-bond donors (Lipinski definition) is 3. The van der Waals surface area contributed by atoms with Crippen LogP contribution in [0.2, 0.25) is 0 Å². The number of rotatable bonds is 10. The van der Waals surface area contributed by atoms with E-state index in [1.165, 1.54) is 14.0 Å². The fourth-order valence-corrected chi connectivity index (χ4v) is 4.68. The first-order valence-electron chi connectivity index (χ1n) is 12.5. The van der Waals surface area contributed by atoms with Crippen molar-refractivity contribution in [3.63, 3.8) is 0 Å². The third kappa shape index (κ3) is 10.1. The van der Waals surface area contributed by atoms with Gasteiger partial charge in [0.25, 0.3) is 17.7 Å². The normalized spacial score (nSPS) is 15.3. The van der Waals surface area contributed by atoms with Crippen molar-refractivity contribution >= 4 is 57.1 Å². The van der Waals surface area contributed by atoms with Gasteiger partial charge < -0.3 is 19.9 Å². The summed E-state index contributed by atoms with van der Waals surface area (Å²) in [5, 5.41) is 11.6. The summed E-state index contributed by atoms with van der Waals surface area (Å²) in [5.74, 6) is -4.19. The Hall–Kier alpha value is -4.02. The molecule has 1 saturated heterocycles. The number of carbonyl (C=O) groups excluding carboxylic acids is 5. The fourth-order valence-electron chi connectivity index (χ4n) is 3.59. The Labute approximate surface area is 237 Å². The average Bonchev–Trinajstić information content (AvgIpc) is 2.94. The largest absolute Gasteiger partial charge is 0.469 e. The van der Waals surface area contributed by atoms with E-state index in [0.717, 1.165) is 4.31 Å². The van der Waals surface area contributed by atoms with Crippen LogP contribution >= 0.6 is 0 Å². The van der Waals surface area contributed by atoms with Gasteiger partial charge in [-0.3, -0.25) is 19.2 Å². The number of nitrogens with zero attached hydrogens (tertiary/aromatic N) is 3. The highest BCUT2D eigenvalue weighted by atomic mass is 32.2. The highest BCUT2D eigenvalue weighted by Gasteiger charge is 2.33. The molecule has 0 saturated carbocycles. The summed E-state index contributed by atoms with van der Waals surface area (Å²) in [4.78, 5) is 68.3. The molecular weight excluding hydrogens is 562 g/mol. The van der Waals surface area contributed by atoms with E-state index in [-0.39, 0.29) is 44.0 Å². The number of carbonyl (C=O) groups is 5. The molecule has 1 aliphatic heterocycles. The number of benzene rings is 1. The number of esters is 1. The van der Waals surface area contributed by atoms with Gasteiger partial charge in [-0.05, 0) is 37.5 Å². The summed E-state index contributed by atoms with van der Waals surface area (Å²) in [6, 6.07) is 6.34. The Morgan fingerprint density at radius 3 is 2.22 bits per heavy atom. The van der Waals surface area contributed by atoms with Crippen LogP contribution in [0.3, 0.4) is 0 Å². The molecule has 1 fully saturated rings. The molecule has 16 heteroatoms. The number of ether oxygens (including phenoxy) is 2. The monoisotopic (exact) mass is 595 g/mol. The first kappa shape index (κ1) is 33.2. The van der Waals surface area contributed by atoms with Gasteiger partial charge in [-0.15, -0.1) is 0 Å². The van der Waals surface area contributed by atoms with Crippen LogP contribution in [0.1, 0.15) is 39.2 Å². The van der Waals surface area contributed by atoms with Crippen molar-refractivity contribution in [3.8, 4) is 0 Å². The molecule has 0 radical (unpaired) electrons. The molecule has 4 amide bonds. The van der Waals surface area contributed by atoms with Crippen molar-refractivity contribution in [2.75, 3.05) is 32.1 Å². The molecule has 0 atom stereocenters. The van der Waals surface area contributed by atoms with Crippen LogP contribution in [0.25, 0.3) is 0 Å². The Morgan fingerprint density at radius 2 is 1.68 bits per heavy atom. The van der Waals surface area contributed by atoms with E-state index in [9.17, 15) is 32.4 Å². The standard InChI is InChI=1S/C25H33N5O10S/c1-15(2)21(23(34)26-16(3)22(33)27-19-7-5-17(13-31)6-8-19)28-20(32)14-40-25(36)29-41(37,38)30-11-9-18(10-12-30)24(35)39-4/h5-8,15,18,31H,9-14H2,1-4H3,(H,27,33)(H,29,36). The van der Waals surface area contributed by atoms with Crippen molar-refractivity contribution in [3.05, 3.63) is 29.8 Å². The Balaban J connectivity index is 1.94. The minimum Gasteiger partial charge on any atom is -0.469 e. The van der Waals surface area contributed by atoms with Gasteiger partial charge in [0.1, 0.15) is 11.4 Å². The number of aliphatic hydroxyl groups excluding tert-OH is 1. The second-order valence-corrected chi connectivity index (χ2v) is 10.9. The number of hydrogen-bond acceptors (Lipinski definition) is 10. The lowest BCUT2D eigenvalue weighted by Gasteiger charge is -2.29. The molecule has 0 bridgehead atoms. The Kier molecular flexibility index (Phi) is 12.2. The molecular formula is C25H33N5O10S. The molecule has 3 N–H and O–H groups in total. The molecule has 0 aliphatic carbocycles. The molecule has 224 valence electrons. The van der Waals surface area contributed by atoms with Gasteiger partial charge in [-0.2, -0.15) is 12.7 Å². The third-order valence-corrected chi connectivity index (χ3v) is 7.34. The Bertz CT molecular complexity index is 1310. The van der Waals surface area contributed by atoms with Gasteiger partial charge in [0.05, 0.1) is 19.6 Å². The third-order valence-electron chi connectivity index (χ3n) is 5.87. The maximum absolute atomic E-state index is 12.6.